The molecule has 0 amide bonds. The number of rotatable bonds is 27. The Bertz CT molecular complexity index is 1790. The minimum atomic E-state index is -0.981. The summed E-state index contributed by atoms with van der Waals surface area (Å²) in [6.07, 6.45) is 24.0. The van der Waals surface area contributed by atoms with Crippen LogP contribution in [0.2, 0.25) is 0 Å². The van der Waals surface area contributed by atoms with Crippen molar-refractivity contribution in [2.24, 2.45) is 29.0 Å². The molecule has 0 aromatic heterocycles. The van der Waals surface area contributed by atoms with Crippen LogP contribution >= 0.6 is 0 Å². The van der Waals surface area contributed by atoms with E-state index in [-0.39, 0.29) is 16.9 Å². The summed E-state index contributed by atoms with van der Waals surface area (Å²) in [5.41, 5.74) is 26.7. The van der Waals surface area contributed by atoms with Crippen LogP contribution in [0.3, 0.4) is 0 Å². The Morgan fingerprint density at radius 1 is 0.923 bits per heavy atom. The van der Waals surface area contributed by atoms with Gasteiger partial charge < -0.3 is 47.2 Å². The number of anilines is 1. The number of likely N-dealkylation sites (N-methyl/N-ethyl adjacent to an activating group) is 1. The third kappa shape index (κ3) is 32.8. The van der Waals surface area contributed by atoms with E-state index in [9.17, 15) is 19.7 Å². The average molecular weight is 908 g/mol. The predicted molar refractivity (Wildman–Crippen MR) is 265 cm³/mol. The smallest absolute Gasteiger partial charge is 0.330 e. The highest BCUT2D eigenvalue weighted by Gasteiger charge is 2.12. The summed E-state index contributed by atoms with van der Waals surface area (Å²) in [6, 6.07) is 5.51. The molecule has 0 aliphatic carbocycles. The van der Waals surface area contributed by atoms with Crippen molar-refractivity contribution < 1.29 is 33.8 Å². The largest absolute Gasteiger partial charge is 0.498 e. The van der Waals surface area contributed by atoms with Crippen LogP contribution in [0, 0.1) is 33.3 Å². The molecular weight excluding hydrogens is 827 g/mol. The maximum absolute atomic E-state index is 11.0. The summed E-state index contributed by atoms with van der Waals surface area (Å²) >= 11 is 0. The van der Waals surface area contributed by atoms with Crippen LogP contribution in [0.25, 0.3) is 0 Å². The molecule has 0 saturated heterocycles. The van der Waals surface area contributed by atoms with Crippen molar-refractivity contribution in [2.45, 2.75) is 120 Å². The van der Waals surface area contributed by atoms with E-state index in [0.29, 0.717) is 43.1 Å². The second-order valence-corrected chi connectivity index (χ2v) is 14.8. The molecule has 15 nitrogen and oxygen atoms in total. The molecule has 0 heterocycles. The van der Waals surface area contributed by atoms with Gasteiger partial charge in [-0.25, -0.2) is 9.59 Å². The standard InChI is InChI=1S/C24H46N2O2.C16H26N2O2.C7H5N3O2.C3H4O2/c1-6-10-12-14-22(9-4)19-28-24(15-16-25)23(26)17-20(5)27-18-21(8-3)13-11-7-2;1-6-9-15(12-13(4)14(5)17)18(8-3)10-11-20-16(19)7-2;8-4-5-3-6(10(11)12)1-2-7(5)9;1-2-3(4)5/h15-17,21-22H,6-14,18-19,25-26H2,1-5H3;6-7,9,12H,2,8,10-11,17H2,1,3-5H3;1-3H,9H2;2H,1H2,(H,4,5)/b16-15+,20-17+,24-23-;9-6-,14-13+,15-12+;;. The van der Waals surface area contributed by atoms with E-state index >= 15 is 0 Å². The van der Waals surface area contributed by atoms with Crippen molar-refractivity contribution in [3.8, 4) is 6.07 Å². The zero-order chi connectivity index (χ0) is 50.2. The maximum atomic E-state index is 11.0. The molecule has 0 fully saturated rings. The van der Waals surface area contributed by atoms with Gasteiger partial charge >= 0.3 is 11.9 Å². The summed E-state index contributed by atoms with van der Waals surface area (Å²) in [7, 11) is 0. The van der Waals surface area contributed by atoms with Crippen LogP contribution in [0.4, 0.5) is 11.4 Å². The van der Waals surface area contributed by atoms with Crippen LogP contribution in [0.1, 0.15) is 126 Å². The van der Waals surface area contributed by atoms with Crippen molar-refractivity contribution >= 4 is 23.3 Å². The Morgan fingerprint density at radius 3 is 1.97 bits per heavy atom. The van der Waals surface area contributed by atoms with Crippen molar-refractivity contribution in [1.29, 1.82) is 5.26 Å². The lowest BCUT2D eigenvalue weighted by molar-refractivity contribution is -0.384. The number of non-ortho nitro benzene ring substituents is 1. The van der Waals surface area contributed by atoms with Crippen LogP contribution in [-0.4, -0.2) is 59.8 Å². The Balaban J connectivity index is -0.000000896. The molecule has 0 saturated carbocycles. The van der Waals surface area contributed by atoms with Crippen LogP contribution in [0.15, 0.2) is 114 Å². The van der Waals surface area contributed by atoms with Gasteiger partial charge in [-0.15, -0.1) is 0 Å². The average Bonchev–Trinajstić information content (AvgIpc) is 3.28. The number of aliphatic carboxylic acids is 1. The number of nitrogens with zero attached hydrogens (tertiary/aromatic N) is 3. The molecule has 0 radical (unpaired) electrons. The predicted octanol–water partition coefficient (Wildman–Crippen LogP) is 10.4. The highest BCUT2D eigenvalue weighted by molar-refractivity contribution is 5.81. The number of nitrogen functional groups attached to an aromatic ring is 1. The van der Waals surface area contributed by atoms with Crippen molar-refractivity contribution in [1.82, 2.24) is 4.90 Å². The zero-order valence-corrected chi connectivity index (χ0v) is 40.8. The molecule has 1 aromatic carbocycles. The van der Waals surface area contributed by atoms with Crippen LogP contribution < -0.4 is 22.9 Å². The number of nitro benzene ring substituents is 1. The molecule has 0 aliphatic rings. The first kappa shape index (κ1) is 62.9. The van der Waals surface area contributed by atoms with Gasteiger partial charge in [-0.2, -0.15) is 5.26 Å². The minimum absolute atomic E-state index is 0.124. The molecule has 1 rings (SSSR count). The summed E-state index contributed by atoms with van der Waals surface area (Å²) in [6.45, 7) is 28.2. The van der Waals surface area contributed by atoms with Gasteiger partial charge in [-0.1, -0.05) is 91.9 Å². The number of nitriles is 1. The number of allylic oxidation sites excluding steroid dienone is 8. The number of nitro groups is 1. The first-order valence-corrected chi connectivity index (χ1v) is 22.3. The lowest BCUT2D eigenvalue weighted by Gasteiger charge is -2.24. The zero-order valence-electron chi connectivity index (χ0n) is 40.8. The fraction of sp³-hybridized carbons (Fsp3) is 0.500. The Hall–Kier alpha value is -6.43. The molecular formula is C50H81N7O8. The summed E-state index contributed by atoms with van der Waals surface area (Å²) in [5.74, 6) is 1.20. The fourth-order valence-electron chi connectivity index (χ4n) is 5.38. The summed E-state index contributed by atoms with van der Waals surface area (Å²) < 4.78 is 17.0. The first-order valence-electron chi connectivity index (χ1n) is 22.3. The minimum Gasteiger partial charge on any atom is -0.498 e. The molecule has 65 heavy (non-hydrogen) atoms. The van der Waals surface area contributed by atoms with E-state index in [2.05, 4.69) is 52.7 Å². The van der Waals surface area contributed by atoms with Gasteiger partial charge in [-0.3, -0.25) is 10.1 Å². The van der Waals surface area contributed by atoms with Gasteiger partial charge in [0.15, 0.2) is 0 Å². The maximum Gasteiger partial charge on any atom is 0.330 e. The third-order valence-corrected chi connectivity index (χ3v) is 9.63. The molecule has 2 unspecified atom stereocenters. The number of carbonyl (C=O) groups is 2. The van der Waals surface area contributed by atoms with Gasteiger partial charge in [0.2, 0.25) is 0 Å². The first-order chi connectivity index (χ1) is 30.9. The number of unbranched alkanes of at least 4 members (excludes halogenated alkanes) is 3. The van der Waals surface area contributed by atoms with E-state index in [0.717, 1.165) is 60.9 Å². The highest BCUT2D eigenvalue weighted by atomic mass is 16.6. The second-order valence-electron chi connectivity index (χ2n) is 14.8. The van der Waals surface area contributed by atoms with Gasteiger partial charge in [0.25, 0.3) is 5.69 Å². The molecule has 15 heteroatoms. The van der Waals surface area contributed by atoms with E-state index < -0.39 is 16.9 Å². The number of hydrogen-bond donors (Lipinski definition) is 5. The van der Waals surface area contributed by atoms with Gasteiger partial charge in [0.1, 0.15) is 18.4 Å². The Labute approximate surface area is 390 Å². The lowest BCUT2D eigenvalue weighted by atomic mass is 10.00. The number of carbonyl (C=O) groups excluding carboxylic acids is 1. The van der Waals surface area contributed by atoms with Crippen molar-refractivity contribution in [3.05, 3.63) is 130 Å². The molecule has 0 aliphatic heterocycles. The monoisotopic (exact) mass is 908 g/mol. The van der Waals surface area contributed by atoms with Gasteiger partial charge in [0.05, 0.1) is 41.7 Å². The molecule has 364 valence electrons. The molecule has 9 N–H and O–H groups in total. The number of carboxylic acids is 1. The van der Waals surface area contributed by atoms with E-state index in [1.165, 1.54) is 69.4 Å². The number of hydrogen-bond acceptors (Lipinski definition) is 13. The molecule has 2 atom stereocenters. The quantitative estimate of drug-likeness (QED) is 0.00804. The van der Waals surface area contributed by atoms with Crippen LogP contribution in [0.5, 0.6) is 0 Å². The normalized spacial score (nSPS) is 12.8. The van der Waals surface area contributed by atoms with E-state index in [4.69, 9.17) is 47.5 Å². The van der Waals surface area contributed by atoms with Gasteiger partial charge in [-0.05, 0) is 95.4 Å². The molecule has 1 aromatic rings. The number of esters is 1. The topological polar surface area (TPSA) is 256 Å². The number of carboxylic acid groups (broad SMARTS) is 1. The lowest BCUT2D eigenvalue weighted by Crippen LogP contribution is -2.27. The van der Waals surface area contributed by atoms with Gasteiger partial charge in [0, 0.05) is 54.0 Å². The number of benzene rings is 1. The second kappa shape index (κ2) is 40.4. The SMILES string of the molecule is C=CC(=O)O.C=CC(=O)OCCN(CC)C(/C=C\C)=C/C(C)=C(\C)N.CCCCCC(CC)COC(/C=C/N)=C(N)/C=C(\C)OCC(CC)CCCC.N#Cc1cc([N+](=O)[O-])ccc1N. The third-order valence-electron chi connectivity index (χ3n) is 9.63. The highest BCUT2D eigenvalue weighted by Crippen LogP contribution is 2.20. The summed E-state index contributed by atoms with van der Waals surface area (Å²) in [5, 5.41) is 26.3. The van der Waals surface area contributed by atoms with Crippen LogP contribution in [-0.2, 0) is 23.8 Å². The molecule has 0 bridgehead atoms. The Kier molecular flexibility index (Phi) is 39.0. The van der Waals surface area contributed by atoms with E-state index in [1.807, 2.05) is 52.0 Å². The number of ether oxygens (including phenoxy) is 3. The van der Waals surface area contributed by atoms with E-state index in [1.54, 1.807) is 12.1 Å². The number of nitrogens with two attached hydrogens (primary N) is 4. The summed E-state index contributed by atoms with van der Waals surface area (Å²) in [4.78, 5) is 32.1. The fourth-order valence-corrected chi connectivity index (χ4v) is 5.38. The van der Waals surface area contributed by atoms with Crippen molar-refractivity contribution in [3.63, 3.8) is 0 Å². The molecule has 0 spiro atoms. The van der Waals surface area contributed by atoms with Crippen molar-refractivity contribution in [2.75, 3.05) is 38.6 Å². The Morgan fingerprint density at radius 2 is 1.51 bits per heavy atom.